The van der Waals surface area contributed by atoms with E-state index in [-0.39, 0.29) is 6.61 Å². The van der Waals surface area contributed by atoms with Crippen LogP contribution in [0, 0.1) is 11.6 Å². The van der Waals surface area contributed by atoms with Crippen LogP contribution in [0.1, 0.15) is 0 Å². The zero-order valence-electron chi connectivity index (χ0n) is 15.0. The number of fused-ring (bicyclic) bond motifs is 1. The van der Waals surface area contributed by atoms with Gasteiger partial charge in [-0.1, -0.05) is 0 Å². The van der Waals surface area contributed by atoms with Gasteiger partial charge in [0.2, 0.25) is 0 Å². The smallest absolute Gasteiger partial charge is 0.163 e. The second-order valence-electron chi connectivity index (χ2n) is 6.05. The van der Waals surface area contributed by atoms with E-state index >= 15 is 0 Å². The quantitative estimate of drug-likeness (QED) is 0.493. The number of benzene rings is 2. The zero-order chi connectivity index (χ0) is 20.2. The molecule has 0 unspecified atom stereocenters. The number of carbonyl (C=O) groups excluding carboxylic acids is 1. The molecule has 0 atom stereocenters. The minimum atomic E-state index is -0.976. The minimum Gasteiger partial charge on any atom is -0.486 e. The van der Waals surface area contributed by atoms with E-state index < -0.39 is 11.6 Å². The van der Waals surface area contributed by atoms with E-state index in [0.29, 0.717) is 45.8 Å². The Bertz CT molecular complexity index is 1190. The van der Waals surface area contributed by atoms with Gasteiger partial charge in [-0.2, -0.15) is 0 Å². The van der Waals surface area contributed by atoms with E-state index in [9.17, 15) is 13.6 Å². The highest BCUT2D eigenvalue weighted by atomic mass is 19.2. The van der Waals surface area contributed by atoms with Gasteiger partial charge >= 0.3 is 0 Å². The first kappa shape index (κ1) is 18.4. The molecule has 0 amide bonds. The van der Waals surface area contributed by atoms with Gasteiger partial charge in [0, 0.05) is 35.1 Å². The van der Waals surface area contributed by atoms with Crippen LogP contribution in [-0.4, -0.2) is 27.8 Å². The maximum atomic E-state index is 13.6. The zero-order valence-corrected chi connectivity index (χ0v) is 15.0. The molecule has 0 saturated carbocycles. The van der Waals surface area contributed by atoms with Gasteiger partial charge in [0.05, 0.1) is 5.52 Å². The highest BCUT2D eigenvalue weighted by Gasteiger charge is 2.12. The third kappa shape index (κ3) is 4.01. The molecule has 0 aliphatic carbocycles. The Hall–Kier alpha value is -3.94. The second-order valence-corrected chi connectivity index (χ2v) is 6.05. The normalized spacial score (nSPS) is 10.7. The Morgan fingerprint density at radius 2 is 1.93 bits per heavy atom. The van der Waals surface area contributed by atoms with Crippen molar-refractivity contribution in [3.8, 4) is 17.1 Å². The Labute approximate surface area is 164 Å². The summed E-state index contributed by atoms with van der Waals surface area (Å²) in [6.07, 6.45) is 3.92. The lowest BCUT2D eigenvalue weighted by Gasteiger charge is -2.12. The van der Waals surface area contributed by atoms with Crippen LogP contribution >= 0.6 is 0 Å². The average molecular weight is 392 g/mol. The topological polar surface area (TPSA) is 77.0 Å². The van der Waals surface area contributed by atoms with E-state index in [1.54, 1.807) is 36.7 Å². The number of carbonyl (C=O) groups is 1. The van der Waals surface area contributed by atoms with Gasteiger partial charge in [0.25, 0.3) is 0 Å². The number of pyridine rings is 1. The van der Waals surface area contributed by atoms with Gasteiger partial charge in [-0.05, 0) is 42.5 Å². The molecule has 0 bridgehead atoms. The number of rotatable bonds is 6. The standard InChI is InChI=1S/C21H14F2N4O2/c22-17-5-3-14(10-18(17)23)25-21-16-11-15(29-9-8-28)4-6-19(16)26-20(27-21)13-2-1-7-24-12-13/h1-8,10-12H,9H2,(H,25,26,27). The third-order valence-electron chi connectivity index (χ3n) is 4.09. The number of anilines is 2. The predicted molar refractivity (Wildman–Crippen MR) is 104 cm³/mol. The fourth-order valence-electron chi connectivity index (χ4n) is 2.76. The Balaban J connectivity index is 1.84. The fraction of sp³-hybridized carbons (Fsp3) is 0.0476. The highest BCUT2D eigenvalue weighted by molar-refractivity contribution is 5.93. The summed E-state index contributed by atoms with van der Waals surface area (Å²) in [6.45, 7) is -0.0912. The molecule has 0 saturated heterocycles. The van der Waals surface area contributed by atoms with Gasteiger partial charge in [-0.15, -0.1) is 0 Å². The summed E-state index contributed by atoms with van der Waals surface area (Å²) in [7, 11) is 0. The van der Waals surface area contributed by atoms with Gasteiger partial charge in [-0.25, -0.2) is 18.7 Å². The molecule has 8 heteroatoms. The maximum absolute atomic E-state index is 13.6. The molecule has 0 radical (unpaired) electrons. The van der Waals surface area contributed by atoms with Crippen molar-refractivity contribution < 1.29 is 18.3 Å². The van der Waals surface area contributed by atoms with Gasteiger partial charge in [0.1, 0.15) is 18.2 Å². The van der Waals surface area contributed by atoms with Gasteiger partial charge in [-0.3, -0.25) is 9.78 Å². The molecule has 29 heavy (non-hydrogen) atoms. The monoisotopic (exact) mass is 392 g/mol. The summed E-state index contributed by atoms with van der Waals surface area (Å²) in [4.78, 5) is 23.7. The lowest BCUT2D eigenvalue weighted by Crippen LogP contribution is -2.02. The number of halogens is 2. The fourth-order valence-corrected chi connectivity index (χ4v) is 2.76. The molecule has 2 aromatic carbocycles. The lowest BCUT2D eigenvalue weighted by molar-refractivity contribution is -0.109. The van der Waals surface area contributed by atoms with Crippen molar-refractivity contribution in [3.63, 3.8) is 0 Å². The van der Waals surface area contributed by atoms with Crippen molar-refractivity contribution in [2.45, 2.75) is 0 Å². The molecule has 0 aliphatic rings. The average Bonchev–Trinajstić information content (AvgIpc) is 2.75. The summed E-state index contributed by atoms with van der Waals surface area (Å²) in [5.41, 5.74) is 1.62. The van der Waals surface area contributed by atoms with Crippen LogP contribution < -0.4 is 10.1 Å². The molecule has 4 rings (SSSR count). The molecule has 0 spiro atoms. The first-order valence-electron chi connectivity index (χ1n) is 8.65. The number of aromatic nitrogens is 3. The Morgan fingerprint density at radius 1 is 1.03 bits per heavy atom. The molecule has 6 nitrogen and oxygen atoms in total. The van der Waals surface area contributed by atoms with E-state index in [2.05, 4.69) is 20.3 Å². The van der Waals surface area contributed by atoms with E-state index in [1.165, 1.54) is 6.07 Å². The van der Waals surface area contributed by atoms with Crippen molar-refractivity contribution in [1.29, 1.82) is 0 Å². The number of ether oxygens (including phenoxy) is 1. The van der Waals surface area contributed by atoms with Gasteiger partial charge in [0.15, 0.2) is 23.7 Å². The van der Waals surface area contributed by atoms with Gasteiger partial charge < -0.3 is 10.1 Å². The molecule has 1 N–H and O–H groups in total. The summed E-state index contributed by atoms with van der Waals surface area (Å²) in [5, 5.41) is 3.59. The van der Waals surface area contributed by atoms with E-state index in [1.807, 2.05) is 6.07 Å². The highest BCUT2D eigenvalue weighted by Crippen LogP contribution is 2.30. The second kappa shape index (κ2) is 7.97. The molecule has 144 valence electrons. The van der Waals surface area contributed by atoms with Crippen LogP contribution in [0.5, 0.6) is 5.75 Å². The minimum absolute atomic E-state index is 0.0912. The molecule has 2 aromatic heterocycles. The Morgan fingerprint density at radius 3 is 2.69 bits per heavy atom. The van der Waals surface area contributed by atoms with Crippen molar-refractivity contribution in [1.82, 2.24) is 15.0 Å². The number of hydrogen-bond acceptors (Lipinski definition) is 6. The lowest BCUT2D eigenvalue weighted by atomic mass is 10.2. The molecule has 0 fully saturated rings. The van der Waals surface area contributed by atoms with Crippen LogP contribution in [-0.2, 0) is 4.79 Å². The molecule has 2 heterocycles. The number of aldehydes is 1. The third-order valence-corrected chi connectivity index (χ3v) is 4.09. The van der Waals surface area contributed by atoms with E-state index in [0.717, 1.165) is 12.1 Å². The van der Waals surface area contributed by atoms with Crippen molar-refractivity contribution in [2.75, 3.05) is 11.9 Å². The SMILES string of the molecule is O=CCOc1ccc2nc(-c3cccnc3)nc(Nc3ccc(F)c(F)c3)c2c1. The van der Waals surface area contributed by atoms with Crippen LogP contribution in [0.15, 0.2) is 60.9 Å². The van der Waals surface area contributed by atoms with Crippen molar-refractivity contribution in [3.05, 3.63) is 72.6 Å². The first-order chi connectivity index (χ1) is 14.1. The van der Waals surface area contributed by atoms with Crippen molar-refractivity contribution in [2.24, 2.45) is 0 Å². The summed E-state index contributed by atoms with van der Waals surface area (Å²) < 4.78 is 32.2. The molecular weight excluding hydrogens is 378 g/mol. The number of nitrogens with zero attached hydrogens (tertiary/aromatic N) is 3. The van der Waals surface area contributed by atoms with E-state index in [4.69, 9.17) is 4.74 Å². The summed E-state index contributed by atoms with van der Waals surface area (Å²) >= 11 is 0. The van der Waals surface area contributed by atoms with Crippen LogP contribution in [0.4, 0.5) is 20.3 Å². The number of hydrogen-bond donors (Lipinski definition) is 1. The number of nitrogens with one attached hydrogen (secondary N) is 1. The van der Waals surface area contributed by atoms with Crippen LogP contribution in [0.25, 0.3) is 22.3 Å². The maximum Gasteiger partial charge on any atom is 0.163 e. The van der Waals surface area contributed by atoms with Crippen molar-refractivity contribution >= 4 is 28.7 Å². The largest absolute Gasteiger partial charge is 0.486 e. The molecular formula is C21H14F2N4O2. The molecule has 0 aliphatic heterocycles. The first-order valence-corrected chi connectivity index (χ1v) is 8.65. The summed E-state index contributed by atoms with van der Waals surface area (Å²) in [5.74, 6) is -0.677. The molecule has 4 aromatic rings. The predicted octanol–water partition coefficient (Wildman–Crippen LogP) is 4.29. The summed E-state index contributed by atoms with van der Waals surface area (Å²) in [6, 6.07) is 12.2. The Kier molecular flexibility index (Phi) is 5.07. The van der Waals surface area contributed by atoms with Crippen LogP contribution in [0.2, 0.25) is 0 Å². The van der Waals surface area contributed by atoms with Crippen LogP contribution in [0.3, 0.4) is 0 Å².